The molecule has 26 heavy (non-hydrogen) atoms. The molecule has 1 aromatic carbocycles. The van der Waals surface area contributed by atoms with Crippen LogP contribution in [-0.4, -0.2) is 63.5 Å². The van der Waals surface area contributed by atoms with Crippen molar-refractivity contribution in [3.63, 3.8) is 0 Å². The van der Waals surface area contributed by atoms with Crippen molar-refractivity contribution in [1.29, 1.82) is 0 Å². The van der Waals surface area contributed by atoms with Crippen LogP contribution in [0.2, 0.25) is 0 Å². The Morgan fingerprint density at radius 1 is 1.23 bits per heavy atom. The normalized spacial score (nSPS) is 17.8. The molecule has 0 radical (unpaired) electrons. The smallest absolute Gasteiger partial charge is 0.306 e. The number of carboxylic acids is 1. The summed E-state index contributed by atoms with van der Waals surface area (Å²) in [5.74, 6) is -1.42. The first-order chi connectivity index (χ1) is 12.4. The minimum atomic E-state index is -1.09. The second-order valence-corrected chi connectivity index (χ2v) is 6.70. The predicted molar refractivity (Wildman–Crippen MR) is 95.1 cm³/mol. The zero-order valence-electron chi connectivity index (χ0n) is 15.0. The van der Waals surface area contributed by atoms with Crippen molar-refractivity contribution in [2.24, 2.45) is 0 Å². The fourth-order valence-corrected chi connectivity index (χ4v) is 3.31. The summed E-state index contributed by atoms with van der Waals surface area (Å²) in [4.78, 5) is 38.6. The van der Waals surface area contributed by atoms with Gasteiger partial charge in [-0.1, -0.05) is 30.3 Å². The minimum absolute atomic E-state index is 0.0637. The first kappa shape index (κ1) is 19.9. The zero-order valence-corrected chi connectivity index (χ0v) is 15.0. The van der Waals surface area contributed by atoms with Crippen molar-refractivity contribution in [3.05, 3.63) is 35.9 Å². The third-order valence-electron chi connectivity index (χ3n) is 4.69. The molecule has 1 aliphatic rings. The molecule has 1 aromatic rings. The molecule has 1 heterocycles. The fraction of sp³-hybridized carbons (Fsp3) is 0.526. The molecule has 0 bridgehead atoms. The molecule has 2 rings (SSSR count). The molecule has 2 N–H and O–H groups in total. The summed E-state index contributed by atoms with van der Waals surface area (Å²) >= 11 is 0. The van der Waals surface area contributed by atoms with E-state index in [1.807, 2.05) is 30.3 Å². The summed E-state index contributed by atoms with van der Waals surface area (Å²) in [5, 5.41) is 18.8. The number of carbonyl (C=O) groups is 3. The zero-order chi connectivity index (χ0) is 19.1. The van der Waals surface area contributed by atoms with E-state index in [0.29, 0.717) is 19.5 Å². The molecule has 1 saturated heterocycles. The fourth-order valence-electron chi connectivity index (χ4n) is 3.31. The number of benzene rings is 1. The molecule has 0 aliphatic carbocycles. The molecule has 0 saturated carbocycles. The Bertz CT molecular complexity index is 634. The Kier molecular flexibility index (Phi) is 7.15. The van der Waals surface area contributed by atoms with Gasteiger partial charge in [-0.25, -0.2) is 0 Å². The number of hydrogen-bond donors (Lipinski definition) is 2. The van der Waals surface area contributed by atoms with Crippen LogP contribution in [0.15, 0.2) is 30.3 Å². The average Bonchev–Trinajstić information content (AvgIpc) is 3.09. The van der Waals surface area contributed by atoms with Crippen LogP contribution >= 0.6 is 0 Å². The highest BCUT2D eigenvalue weighted by Gasteiger charge is 2.34. The van der Waals surface area contributed by atoms with E-state index < -0.39 is 18.1 Å². The van der Waals surface area contributed by atoms with E-state index in [9.17, 15) is 19.5 Å². The van der Waals surface area contributed by atoms with Gasteiger partial charge in [-0.05, 0) is 18.4 Å². The number of aliphatic hydroxyl groups excluding tert-OH is 1. The Hall–Kier alpha value is -2.41. The molecule has 7 heteroatoms. The van der Waals surface area contributed by atoms with Gasteiger partial charge in [-0.2, -0.15) is 0 Å². The third-order valence-corrected chi connectivity index (χ3v) is 4.69. The second-order valence-electron chi connectivity index (χ2n) is 6.70. The molecule has 142 valence electrons. The standard InChI is InChI=1S/C19H26N2O5/c1-20(13-14-6-3-2-4-7-14)17(23)9-10-18(24)21-11-5-8-15(21)16(22)12-19(25)26/h2-4,6-7,15-16,22H,5,8-13H2,1H3,(H,25,26)/t15-,16?/m0/s1. The lowest BCUT2D eigenvalue weighted by Crippen LogP contribution is -2.43. The van der Waals surface area contributed by atoms with Crippen LogP contribution < -0.4 is 0 Å². The highest BCUT2D eigenvalue weighted by atomic mass is 16.4. The second kappa shape index (κ2) is 9.33. The monoisotopic (exact) mass is 362 g/mol. The number of hydrogen-bond acceptors (Lipinski definition) is 4. The van der Waals surface area contributed by atoms with E-state index >= 15 is 0 Å². The van der Waals surface area contributed by atoms with Crippen LogP contribution in [0.1, 0.15) is 37.7 Å². The summed E-state index contributed by atoms with van der Waals surface area (Å²) < 4.78 is 0. The lowest BCUT2D eigenvalue weighted by Gasteiger charge is -2.28. The predicted octanol–water partition coefficient (Wildman–Crippen LogP) is 1.25. The van der Waals surface area contributed by atoms with Crippen molar-refractivity contribution in [3.8, 4) is 0 Å². The molecule has 0 spiro atoms. The number of carbonyl (C=O) groups excluding carboxylic acids is 2. The topological polar surface area (TPSA) is 98.2 Å². The van der Waals surface area contributed by atoms with E-state index in [1.165, 1.54) is 4.90 Å². The SMILES string of the molecule is CN(Cc1ccccc1)C(=O)CCC(=O)N1CCC[C@H]1C(O)CC(=O)O. The Morgan fingerprint density at radius 3 is 2.58 bits per heavy atom. The third kappa shape index (κ3) is 5.56. The minimum Gasteiger partial charge on any atom is -0.481 e. The molecular weight excluding hydrogens is 336 g/mol. The van der Waals surface area contributed by atoms with Crippen molar-refractivity contribution >= 4 is 17.8 Å². The number of nitrogens with zero attached hydrogens (tertiary/aromatic N) is 2. The molecule has 0 aromatic heterocycles. The first-order valence-electron chi connectivity index (χ1n) is 8.85. The van der Waals surface area contributed by atoms with Gasteiger partial charge in [-0.3, -0.25) is 14.4 Å². The summed E-state index contributed by atoms with van der Waals surface area (Å²) in [7, 11) is 1.70. The number of aliphatic carboxylic acids is 1. The first-order valence-corrected chi connectivity index (χ1v) is 8.85. The van der Waals surface area contributed by atoms with Crippen LogP contribution in [0.5, 0.6) is 0 Å². The van der Waals surface area contributed by atoms with E-state index in [1.54, 1.807) is 11.9 Å². The van der Waals surface area contributed by atoms with Gasteiger partial charge in [0.05, 0.1) is 18.6 Å². The summed E-state index contributed by atoms with van der Waals surface area (Å²) in [5.41, 5.74) is 1.02. The maximum Gasteiger partial charge on any atom is 0.306 e. The maximum absolute atomic E-state index is 12.4. The van der Waals surface area contributed by atoms with Gasteiger partial charge in [0, 0.05) is 33.0 Å². The van der Waals surface area contributed by atoms with Crippen molar-refractivity contribution in [2.75, 3.05) is 13.6 Å². The summed E-state index contributed by atoms with van der Waals surface area (Å²) in [6.45, 7) is 0.978. The molecule has 2 atom stereocenters. The maximum atomic E-state index is 12.4. The molecule has 1 aliphatic heterocycles. The van der Waals surface area contributed by atoms with E-state index in [4.69, 9.17) is 5.11 Å². The lowest BCUT2D eigenvalue weighted by molar-refractivity contribution is -0.143. The summed E-state index contributed by atoms with van der Waals surface area (Å²) in [6, 6.07) is 9.13. The van der Waals surface area contributed by atoms with Gasteiger partial charge in [0.1, 0.15) is 0 Å². The average molecular weight is 362 g/mol. The van der Waals surface area contributed by atoms with Gasteiger partial charge in [0.15, 0.2) is 0 Å². The number of carboxylic acid groups (broad SMARTS) is 1. The molecule has 1 unspecified atom stereocenters. The van der Waals surface area contributed by atoms with E-state index in [2.05, 4.69) is 0 Å². The molecular formula is C19H26N2O5. The highest BCUT2D eigenvalue weighted by molar-refractivity contribution is 5.84. The largest absolute Gasteiger partial charge is 0.481 e. The van der Waals surface area contributed by atoms with Crippen LogP contribution in [0.25, 0.3) is 0 Å². The highest BCUT2D eigenvalue weighted by Crippen LogP contribution is 2.23. The number of rotatable bonds is 8. The van der Waals surface area contributed by atoms with Crippen LogP contribution in [-0.2, 0) is 20.9 Å². The van der Waals surface area contributed by atoms with Gasteiger partial charge in [0.25, 0.3) is 0 Å². The van der Waals surface area contributed by atoms with Crippen LogP contribution in [0, 0.1) is 0 Å². The molecule has 7 nitrogen and oxygen atoms in total. The Balaban J connectivity index is 1.83. The molecule has 1 fully saturated rings. The Labute approximate surface area is 153 Å². The van der Waals surface area contributed by atoms with Gasteiger partial charge in [-0.15, -0.1) is 0 Å². The van der Waals surface area contributed by atoms with E-state index in [0.717, 1.165) is 12.0 Å². The number of likely N-dealkylation sites (tertiary alicyclic amines) is 1. The van der Waals surface area contributed by atoms with Crippen molar-refractivity contribution < 1.29 is 24.6 Å². The van der Waals surface area contributed by atoms with Gasteiger partial charge in [0.2, 0.25) is 11.8 Å². The Morgan fingerprint density at radius 2 is 1.92 bits per heavy atom. The van der Waals surface area contributed by atoms with Gasteiger partial charge < -0.3 is 20.0 Å². The van der Waals surface area contributed by atoms with Crippen LogP contribution in [0.4, 0.5) is 0 Å². The number of aliphatic hydroxyl groups is 1. The van der Waals surface area contributed by atoms with Crippen molar-refractivity contribution in [1.82, 2.24) is 9.80 Å². The van der Waals surface area contributed by atoms with Crippen molar-refractivity contribution in [2.45, 2.75) is 50.8 Å². The lowest BCUT2D eigenvalue weighted by atomic mass is 10.1. The summed E-state index contributed by atoms with van der Waals surface area (Å²) in [6.07, 6.45) is 0.0224. The quantitative estimate of drug-likeness (QED) is 0.725. The number of amides is 2. The van der Waals surface area contributed by atoms with Crippen LogP contribution in [0.3, 0.4) is 0 Å². The molecule has 2 amide bonds. The van der Waals surface area contributed by atoms with E-state index in [-0.39, 0.29) is 31.1 Å². The van der Waals surface area contributed by atoms with Gasteiger partial charge >= 0.3 is 5.97 Å².